The molecule has 0 spiro atoms. The van der Waals surface area contributed by atoms with E-state index >= 15 is 0 Å². The second-order valence-corrected chi connectivity index (χ2v) is 5.28. The molecule has 7 heteroatoms. The molecule has 1 aliphatic heterocycles. The minimum absolute atomic E-state index is 0.151. The number of carbonyl (C=O) groups excluding carboxylic acids is 1. The molecule has 0 bridgehead atoms. The maximum Gasteiger partial charge on any atom is 0.255 e. The van der Waals surface area contributed by atoms with Gasteiger partial charge in [-0.25, -0.2) is 4.39 Å². The van der Waals surface area contributed by atoms with Crippen molar-refractivity contribution in [3.05, 3.63) is 46.0 Å². The second-order valence-electron chi connectivity index (χ2n) is 5.28. The van der Waals surface area contributed by atoms with Crippen LogP contribution in [0.25, 0.3) is 10.9 Å². The summed E-state index contributed by atoms with van der Waals surface area (Å²) in [5.74, 6) is -0.852. The van der Waals surface area contributed by atoms with Crippen LogP contribution in [-0.2, 0) is 0 Å². The average Bonchev–Trinajstić information content (AvgIpc) is 2.53. The molecule has 22 heavy (non-hydrogen) atoms. The Kier molecular flexibility index (Phi) is 3.91. The van der Waals surface area contributed by atoms with Crippen LogP contribution < -0.4 is 10.9 Å². The lowest BCUT2D eigenvalue weighted by Gasteiger charge is -2.35. The fourth-order valence-electron chi connectivity index (χ4n) is 2.75. The van der Waals surface area contributed by atoms with Crippen molar-refractivity contribution in [1.29, 1.82) is 0 Å². The Morgan fingerprint density at radius 2 is 2.23 bits per heavy atom. The molecule has 1 atom stereocenters. The number of halogens is 1. The number of carbonyl (C=O) groups is 1. The summed E-state index contributed by atoms with van der Waals surface area (Å²) in [6, 6.07) is 4.72. The fourth-order valence-corrected chi connectivity index (χ4v) is 2.75. The quantitative estimate of drug-likeness (QED) is 0.733. The van der Waals surface area contributed by atoms with E-state index in [4.69, 9.17) is 0 Å². The lowest BCUT2D eigenvalue weighted by atomic mass is 10.1. The summed E-state index contributed by atoms with van der Waals surface area (Å²) in [4.78, 5) is 28.6. The molecule has 0 aliphatic carbocycles. The molecular weight excluding hydrogens is 289 g/mol. The number of aromatic nitrogens is 1. The van der Waals surface area contributed by atoms with Crippen molar-refractivity contribution in [3.63, 3.8) is 0 Å². The van der Waals surface area contributed by atoms with Gasteiger partial charge in [0, 0.05) is 36.6 Å². The number of benzene rings is 1. The molecular formula is C15H16FN3O3. The number of nitrogens with zero attached hydrogens (tertiary/aromatic N) is 1. The number of aromatic amines is 1. The van der Waals surface area contributed by atoms with Crippen LogP contribution in [0.1, 0.15) is 10.4 Å². The molecule has 1 aliphatic rings. The third kappa shape index (κ3) is 2.60. The third-order valence-electron chi connectivity index (χ3n) is 3.86. The van der Waals surface area contributed by atoms with Gasteiger partial charge in [-0.1, -0.05) is 0 Å². The van der Waals surface area contributed by atoms with Crippen LogP contribution in [0.15, 0.2) is 29.1 Å². The van der Waals surface area contributed by atoms with Crippen LogP contribution in [-0.4, -0.2) is 53.2 Å². The van der Waals surface area contributed by atoms with Gasteiger partial charge >= 0.3 is 0 Å². The Balaban J connectivity index is 2.10. The minimum atomic E-state index is -0.479. The number of rotatable bonds is 2. The summed E-state index contributed by atoms with van der Waals surface area (Å²) in [7, 11) is 0. The summed E-state index contributed by atoms with van der Waals surface area (Å²) in [5, 5.41) is 12.9. The molecule has 0 saturated carbocycles. The molecule has 1 unspecified atom stereocenters. The van der Waals surface area contributed by atoms with Crippen molar-refractivity contribution >= 4 is 16.8 Å². The number of hydrogen-bond donors (Lipinski definition) is 3. The summed E-state index contributed by atoms with van der Waals surface area (Å²) in [5.41, 5.74) is 0.143. The number of aliphatic hydroxyl groups is 1. The highest BCUT2D eigenvalue weighted by Gasteiger charge is 2.28. The van der Waals surface area contributed by atoms with E-state index in [1.165, 1.54) is 29.2 Å². The lowest BCUT2D eigenvalue weighted by molar-refractivity contribution is 0.0538. The van der Waals surface area contributed by atoms with Crippen LogP contribution >= 0.6 is 0 Å². The summed E-state index contributed by atoms with van der Waals surface area (Å²) in [6.07, 6.45) is 0. The number of pyridine rings is 1. The number of hydrogen-bond acceptors (Lipinski definition) is 4. The van der Waals surface area contributed by atoms with E-state index in [2.05, 4.69) is 10.3 Å². The first-order chi connectivity index (χ1) is 10.6. The van der Waals surface area contributed by atoms with Gasteiger partial charge in [-0.05, 0) is 18.2 Å². The summed E-state index contributed by atoms with van der Waals surface area (Å²) >= 11 is 0. The Bertz CT molecular complexity index is 774. The lowest BCUT2D eigenvalue weighted by Crippen LogP contribution is -2.55. The Morgan fingerprint density at radius 3 is 3.00 bits per heavy atom. The molecule has 1 aromatic carbocycles. The summed E-state index contributed by atoms with van der Waals surface area (Å²) in [6.45, 7) is 1.34. The number of aliphatic hydroxyl groups excluding tert-OH is 1. The molecule has 1 fully saturated rings. The first-order valence-electron chi connectivity index (χ1n) is 7.05. The van der Waals surface area contributed by atoms with Gasteiger partial charge in [0.05, 0.1) is 18.2 Å². The van der Waals surface area contributed by atoms with Crippen LogP contribution in [0.3, 0.4) is 0 Å². The monoisotopic (exact) mass is 305 g/mol. The minimum Gasteiger partial charge on any atom is -0.394 e. The van der Waals surface area contributed by atoms with E-state index in [0.29, 0.717) is 30.5 Å². The average molecular weight is 305 g/mol. The van der Waals surface area contributed by atoms with Crippen molar-refractivity contribution < 1.29 is 14.3 Å². The third-order valence-corrected chi connectivity index (χ3v) is 3.86. The van der Waals surface area contributed by atoms with E-state index in [0.717, 1.165) is 0 Å². The Morgan fingerprint density at radius 1 is 1.41 bits per heavy atom. The number of amides is 1. The summed E-state index contributed by atoms with van der Waals surface area (Å²) < 4.78 is 13.5. The van der Waals surface area contributed by atoms with E-state index < -0.39 is 11.4 Å². The standard InChI is InChI=1S/C15H16FN3O3/c16-9-1-2-13-11(5-9)12(6-14(21)18-13)15(22)19-4-3-17-7-10(19)8-20/h1-2,5-6,10,17,20H,3-4,7-8H2,(H,18,21). The largest absolute Gasteiger partial charge is 0.394 e. The maximum atomic E-state index is 13.5. The molecule has 1 saturated heterocycles. The number of fused-ring (bicyclic) bond motifs is 1. The van der Waals surface area contributed by atoms with Crippen LogP contribution in [0, 0.1) is 5.82 Å². The zero-order chi connectivity index (χ0) is 15.7. The highest BCUT2D eigenvalue weighted by molar-refractivity contribution is 6.06. The van der Waals surface area contributed by atoms with Crippen LogP contribution in [0.4, 0.5) is 4.39 Å². The highest BCUT2D eigenvalue weighted by Crippen LogP contribution is 2.19. The maximum absolute atomic E-state index is 13.5. The van der Waals surface area contributed by atoms with Crippen molar-refractivity contribution in [3.8, 4) is 0 Å². The molecule has 6 nitrogen and oxygen atoms in total. The Labute approximate surface area is 125 Å². The smallest absolute Gasteiger partial charge is 0.255 e. The Hall–Kier alpha value is -2.25. The van der Waals surface area contributed by atoms with Crippen molar-refractivity contribution in [2.75, 3.05) is 26.2 Å². The predicted molar refractivity (Wildman–Crippen MR) is 79.3 cm³/mol. The van der Waals surface area contributed by atoms with Gasteiger partial charge in [-0.2, -0.15) is 0 Å². The van der Waals surface area contributed by atoms with Gasteiger partial charge < -0.3 is 20.3 Å². The first kappa shape index (κ1) is 14.7. The second kappa shape index (κ2) is 5.86. The van der Waals surface area contributed by atoms with E-state index in [-0.39, 0.29) is 24.1 Å². The van der Waals surface area contributed by atoms with Crippen LogP contribution in [0.5, 0.6) is 0 Å². The fraction of sp³-hybridized carbons (Fsp3) is 0.333. The molecule has 3 N–H and O–H groups in total. The van der Waals surface area contributed by atoms with Gasteiger partial charge in [-0.15, -0.1) is 0 Å². The van der Waals surface area contributed by atoms with Crippen molar-refractivity contribution in [2.45, 2.75) is 6.04 Å². The zero-order valence-corrected chi connectivity index (χ0v) is 11.8. The number of nitrogens with one attached hydrogen (secondary N) is 2. The van der Waals surface area contributed by atoms with Crippen LogP contribution in [0.2, 0.25) is 0 Å². The van der Waals surface area contributed by atoms with Gasteiger partial charge in [0.1, 0.15) is 5.82 Å². The van der Waals surface area contributed by atoms with Crippen molar-refractivity contribution in [2.24, 2.45) is 0 Å². The van der Waals surface area contributed by atoms with Gasteiger partial charge in [0.15, 0.2) is 0 Å². The number of H-pyrrole nitrogens is 1. The molecule has 116 valence electrons. The van der Waals surface area contributed by atoms with Gasteiger partial charge in [0.2, 0.25) is 5.56 Å². The van der Waals surface area contributed by atoms with Crippen molar-refractivity contribution in [1.82, 2.24) is 15.2 Å². The van der Waals surface area contributed by atoms with E-state index in [1.807, 2.05) is 0 Å². The SMILES string of the molecule is O=C(c1cc(=O)[nH]c2ccc(F)cc12)N1CCNCC1CO. The predicted octanol–water partition coefficient (Wildman–Crippen LogP) is 0.0735. The van der Waals surface area contributed by atoms with Gasteiger partial charge in [0.25, 0.3) is 5.91 Å². The number of piperazine rings is 1. The zero-order valence-electron chi connectivity index (χ0n) is 11.8. The molecule has 1 amide bonds. The molecule has 2 heterocycles. The molecule has 2 aromatic rings. The molecule has 0 radical (unpaired) electrons. The highest BCUT2D eigenvalue weighted by atomic mass is 19.1. The van der Waals surface area contributed by atoms with Gasteiger partial charge in [-0.3, -0.25) is 9.59 Å². The molecule has 3 rings (SSSR count). The normalized spacial score (nSPS) is 18.6. The van der Waals surface area contributed by atoms with E-state index in [1.54, 1.807) is 0 Å². The molecule has 1 aromatic heterocycles. The first-order valence-corrected chi connectivity index (χ1v) is 7.05. The van der Waals surface area contributed by atoms with E-state index in [9.17, 15) is 19.1 Å². The topological polar surface area (TPSA) is 85.4 Å².